The Bertz CT molecular complexity index is 943. The van der Waals surface area contributed by atoms with Crippen molar-refractivity contribution in [3.05, 3.63) is 48.2 Å². The van der Waals surface area contributed by atoms with Gasteiger partial charge in [0.25, 0.3) is 0 Å². The predicted octanol–water partition coefficient (Wildman–Crippen LogP) is 0.706. The molecular weight excluding hydrogens is 394 g/mol. The van der Waals surface area contributed by atoms with Crippen LogP contribution in [0.25, 0.3) is 0 Å². The van der Waals surface area contributed by atoms with Crippen molar-refractivity contribution in [1.82, 2.24) is 4.98 Å². The number of amides is 2. The maximum absolute atomic E-state index is 12.9. The summed E-state index contributed by atoms with van der Waals surface area (Å²) < 4.78 is 5.35. The first-order valence-electron chi connectivity index (χ1n) is 9.17. The van der Waals surface area contributed by atoms with Gasteiger partial charge in [0.1, 0.15) is 5.03 Å². The Morgan fingerprint density at radius 1 is 1.10 bits per heavy atom. The number of carboxylic acids is 1. The molecule has 0 N–H and O–H groups in total. The minimum absolute atomic E-state index is 0.0161. The van der Waals surface area contributed by atoms with E-state index in [4.69, 9.17) is 4.74 Å². The SMILES string of the molecule is O=C([O-])c1cccnc1SC1CC(=O)N(c2ccc(N3CCOCC3)cc2)C1=O. The number of hydrogen-bond donors (Lipinski definition) is 0. The van der Waals surface area contributed by atoms with Crippen molar-refractivity contribution in [2.75, 3.05) is 36.1 Å². The maximum atomic E-state index is 12.9. The van der Waals surface area contributed by atoms with Gasteiger partial charge in [-0.1, -0.05) is 11.8 Å². The van der Waals surface area contributed by atoms with E-state index in [1.165, 1.54) is 18.3 Å². The fourth-order valence-corrected chi connectivity index (χ4v) is 4.48. The van der Waals surface area contributed by atoms with Gasteiger partial charge in [-0.25, -0.2) is 9.88 Å². The van der Waals surface area contributed by atoms with Gasteiger partial charge in [-0.2, -0.15) is 0 Å². The summed E-state index contributed by atoms with van der Waals surface area (Å²) in [5.74, 6) is -2.07. The number of imide groups is 1. The fraction of sp³-hybridized carbons (Fsp3) is 0.300. The van der Waals surface area contributed by atoms with E-state index in [9.17, 15) is 19.5 Å². The average molecular weight is 412 g/mol. The van der Waals surface area contributed by atoms with E-state index in [1.54, 1.807) is 12.1 Å². The zero-order valence-electron chi connectivity index (χ0n) is 15.4. The average Bonchev–Trinajstić information content (AvgIpc) is 3.02. The minimum Gasteiger partial charge on any atom is -0.545 e. The van der Waals surface area contributed by atoms with Gasteiger partial charge in [0, 0.05) is 37.0 Å². The summed E-state index contributed by atoms with van der Waals surface area (Å²) in [5, 5.41) is 10.7. The monoisotopic (exact) mass is 412 g/mol. The highest BCUT2D eigenvalue weighted by molar-refractivity contribution is 8.00. The largest absolute Gasteiger partial charge is 0.545 e. The summed E-state index contributed by atoms with van der Waals surface area (Å²) in [6.07, 6.45) is 1.43. The zero-order chi connectivity index (χ0) is 20.4. The van der Waals surface area contributed by atoms with E-state index in [0.717, 1.165) is 35.4 Å². The van der Waals surface area contributed by atoms with E-state index >= 15 is 0 Å². The first-order chi connectivity index (χ1) is 14.0. The smallest absolute Gasteiger partial charge is 0.247 e. The molecule has 2 fully saturated rings. The highest BCUT2D eigenvalue weighted by Crippen LogP contribution is 2.35. The summed E-state index contributed by atoms with van der Waals surface area (Å²) >= 11 is 0.976. The third-order valence-corrected chi connectivity index (χ3v) is 6.04. The fourth-order valence-electron chi connectivity index (χ4n) is 3.38. The number of carbonyl (C=O) groups excluding carboxylic acids is 3. The molecule has 0 radical (unpaired) electrons. The lowest BCUT2D eigenvalue weighted by Gasteiger charge is -2.29. The Kier molecular flexibility index (Phi) is 5.50. The number of carbonyl (C=O) groups is 3. The molecular formula is C20H18N3O5S-. The van der Waals surface area contributed by atoms with Gasteiger partial charge in [-0.05, 0) is 36.4 Å². The first kappa shape index (κ1) is 19.4. The van der Waals surface area contributed by atoms with E-state index in [2.05, 4.69) is 9.88 Å². The van der Waals surface area contributed by atoms with Crippen molar-refractivity contribution < 1.29 is 24.2 Å². The number of thioether (sulfide) groups is 1. The number of aromatic nitrogens is 1. The molecule has 29 heavy (non-hydrogen) atoms. The minimum atomic E-state index is -1.37. The van der Waals surface area contributed by atoms with Gasteiger partial charge in [-0.3, -0.25) is 9.59 Å². The number of nitrogens with zero attached hydrogens (tertiary/aromatic N) is 3. The molecule has 0 spiro atoms. The van der Waals surface area contributed by atoms with Crippen molar-refractivity contribution in [2.24, 2.45) is 0 Å². The number of morpholine rings is 1. The van der Waals surface area contributed by atoms with Crippen LogP contribution < -0.4 is 14.9 Å². The van der Waals surface area contributed by atoms with Crippen molar-refractivity contribution in [3.63, 3.8) is 0 Å². The van der Waals surface area contributed by atoms with Crippen molar-refractivity contribution in [3.8, 4) is 0 Å². The van der Waals surface area contributed by atoms with Gasteiger partial charge < -0.3 is 19.5 Å². The number of rotatable bonds is 5. The summed E-state index contributed by atoms with van der Waals surface area (Å²) in [7, 11) is 0. The molecule has 0 aliphatic carbocycles. The van der Waals surface area contributed by atoms with Gasteiger partial charge in [-0.15, -0.1) is 0 Å². The molecule has 2 saturated heterocycles. The van der Waals surface area contributed by atoms with Crippen LogP contribution in [0.1, 0.15) is 16.8 Å². The van der Waals surface area contributed by atoms with E-state index < -0.39 is 11.2 Å². The number of carboxylic acid groups (broad SMARTS) is 1. The number of ether oxygens (including phenoxy) is 1. The molecule has 1 atom stereocenters. The van der Waals surface area contributed by atoms with Gasteiger partial charge >= 0.3 is 0 Å². The van der Waals surface area contributed by atoms with Gasteiger partial charge in [0.15, 0.2) is 0 Å². The molecule has 150 valence electrons. The molecule has 2 aliphatic rings. The first-order valence-corrected chi connectivity index (χ1v) is 10.0. The van der Waals surface area contributed by atoms with Crippen LogP contribution >= 0.6 is 11.8 Å². The topological polar surface area (TPSA) is 103 Å². The molecule has 9 heteroatoms. The van der Waals surface area contributed by atoms with Crippen LogP contribution in [0.5, 0.6) is 0 Å². The second-order valence-corrected chi connectivity index (χ2v) is 7.83. The summed E-state index contributed by atoms with van der Waals surface area (Å²) in [6.45, 7) is 2.94. The summed E-state index contributed by atoms with van der Waals surface area (Å²) in [4.78, 5) is 44.0. The van der Waals surface area contributed by atoms with Gasteiger partial charge in [0.05, 0.1) is 30.1 Å². The second kappa shape index (κ2) is 8.22. The lowest BCUT2D eigenvalue weighted by molar-refractivity contribution is -0.255. The standard InChI is InChI=1S/C20H19N3O5S/c24-17-12-16(29-18-15(20(26)27)2-1-7-21-18)19(25)23(17)14-5-3-13(4-6-14)22-8-10-28-11-9-22/h1-7,16H,8-12H2,(H,26,27)/p-1. The molecule has 2 amide bonds. The maximum Gasteiger partial charge on any atom is 0.247 e. The predicted molar refractivity (Wildman–Crippen MR) is 105 cm³/mol. The molecule has 8 nitrogen and oxygen atoms in total. The molecule has 1 aromatic carbocycles. The molecule has 1 aromatic heterocycles. The van der Waals surface area contributed by atoms with Crippen LogP contribution in [0.2, 0.25) is 0 Å². The highest BCUT2D eigenvalue weighted by Gasteiger charge is 2.40. The zero-order valence-corrected chi connectivity index (χ0v) is 16.3. The number of aromatic carboxylic acids is 1. The molecule has 4 rings (SSSR count). The van der Waals surface area contributed by atoms with Crippen molar-refractivity contribution >= 4 is 40.9 Å². The van der Waals surface area contributed by atoms with Crippen LogP contribution in [0.3, 0.4) is 0 Å². The second-order valence-electron chi connectivity index (χ2n) is 6.64. The lowest BCUT2D eigenvalue weighted by atomic mass is 10.2. The van der Waals surface area contributed by atoms with E-state index in [1.807, 2.05) is 12.1 Å². The van der Waals surface area contributed by atoms with Crippen LogP contribution in [0.15, 0.2) is 47.6 Å². The lowest BCUT2D eigenvalue weighted by Crippen LogP contribution is -2.36. The quantitative estimate of drug-likeness (QED) is 0.662. The number of hydrogen-bond acceptors (Lipinski definition) is 8. The van der Waals surface area contributed by atoms with E-state index in [-0.39, 0.29) is 28.8 Å². The summed E-state index contributed by atoms with van der Waals surface area (Å²) in [5.41, 5.74) is 1.42. The van der Waals surface area contributed by atoms with Crippen LogP contribution in [0.4, 0.5) is 11.4 Å². The molecule has 2 aliphatic heterocycles. The molecule has 2 aromatic rings. The van der Waals surface area contributed by atoms with Gasteiger partial charge in [0.2, 0.25) is 11.8 Å². The molecule has 0 bridgehead atoms. The Morgan fingerprint density at radius 2 is 1.79 bits per heavy atom. The Balaban J connectivity index is 1.50. The highest BCUT2D eigenvalue weighted by atomic mass is 32.2. The molecule has 1 unspecified atom stereocenters. The third-order valence-electron chi connectivity index (χ3n) is 4.83. The van der Waals surface area contributed by atoms with Crippen molar-refractivity contribution in [1.29, 1.82) is 0 Å². The number of anilines is 2. The Hall–Kier alpha value is -2.91. The molecule has 3 heterocycles. The molecule has 0 saturated carbocycles. The van der Waals surface area contributed by atoms with Crippen LogP contribution in [-0.2, 0) is 14.3 Å². The van der Waals surface area contributed by atoms with Crippen molar-refractivity contribution in [2.45, 2.75) is 16.7 Å². The Labute approximate surface area is 171 Å². The normalized spacial score (nSPS) is 19.7. The van der Waals surface area contributed by atoms with Crippen LogP contribution in [-0.4, -0.2) is 54.3 Å². The Morgan fingerprint density at radius 3 is 2.48 bits per heavy atom. The van der Waals surface area contributed by atoms with Crippen LogP contribution in [0, 0.1) is 0 Å². The number of benzene rings is 1. The third kappa shape index (κ3) is 3.96. The van der Waals surface area contributed by atoms with E-state index in [0.29, 0.717) is 18.9 Å². The number of pyridine rings is 1. The summed E-state index contributed by atoms with van der Waals surface area (Å²) in [6, 6.07) is 10.1.